The van der Waals surface area contributed by atoms with Crippen molar-refractivity contribution in [1.29, 1.82) is 0 Å². The highest BCUT2D eigenvalue weighted by molar-refractivity contribution is 7.92. The van der Waals surface area contributed by atoms with E-state index in [4.69, 9.17) is 23.2 Å². The van der Waals surface area contributed by atoms with Crippen LogP contribution in [0.25, 0.3) is 0 Å². The molecule has 0 atom stereocenters. The molecule has 2 aromatic carbocycles. The minimum absolute atomic E-state index is 0.382. The molecule has 0 bridgehead atoms. The molecule has 0 aliphatic rings. The number of benzene rings is 2. The van der Waals surface area contributed by atoms with Gasteiger partial charge in [-0.25, -0.2) is 13.8 Å². The van der Waals surface area contributed by atoms with Gasteiger partial charge in [-0.15, -0.1) is 0 Å². The minimum atomic E-state index is -3.63. The van der Waals surface area contributed by atoms with E-state index in [0.717, 1.165) is 16.1 Å². The highest BCUT2D eigenvalue weighted by Gasteiger charge is 2.20. The molecule has 1 amide bonds. The summed E-state index contributed by atoms with van der Waals surface area (Å²) < 4.78 is 25.1. The average Bonchev–Trinajstić information content (AvgIpc) is 2.53. The first kappa shape index (κ1) is 20.2. The lowest BCUT2D eigenvalue weighted by atomic mass is 10.2. The fourth-order valence-electron chi connectivity index (χ4n) is 2.13. The molecular weight excluding hydrogens is 397 g/mol. The van der Waals surface area contributed by atoms with Gasteiger partial charge in [-0.05, 0) is 36.8 Å². The standard InChI is InChI=1S/C17H17Cl2N3O3S/c1-12-4-3-5-15(8-12)22(26(2,24)25)11-17(23)21-20-10-13-6-7-14(18)9-16(13)19/h3-10H,11H2,1-2H3,(H,21,23)/b20-10-. The smallest absolute Gasteiger partial charge is 0.260 e. The second kappa shape index (κ2) is 8.53. The van der Waals surface area contributed by atoms with Crippen LogP contribution in [0, 0.1) is 6.92 Å². The maximum absolute atomic E-state index is 12.1. The van der Waals surface area contributed by atoms with Gasteiger partial charge in [0.1, 0.15) is 6.54 Å². The average molecular weight is 414 g/mol. The van der Waals surface area contributed by atoms with Crippen molar-refractivity contribution in [3.8, 4) is 0 Å². The molecule has 0 radical (unpaired) electrons. The first-order chi connectivity index (χ1) is 12.2. The number of anilines is 1. The Kier molecular flexibility index (Phi) is 6.63. The van der Waals surface area contributed by atoms with Crippen molar-refractivity contribution in [2.24, 2.45) is 5.10 Å². The Morgan fingerprint density at radius 3 is 2.58 bits per heavy atom. The van der Waals surface area contributed by atoms with Crippen molar-refractivity contribution in [1.82, 2.24) is 5.43 Å². The second-order valence-corrected chi connectivity index (χ2v) is 8.32. The summed E-state index contributed by atoms with van der Waals surface area (Å²) >= 11 is 11.8. The Hall–Kier alpha value is -2.09. The quantitative estimate of drug-likeness (QED) is 0.583. The summed E-state index contributed by atoms with van der Waals surface area (Å²) in [5.41, 5.74) is 4.15. The maximum atomic E-state index is 12.1. The molecule has 0 aliphatic heterocycles. The van der Waals surface area contributed by atoms with Crippen LogP contribution in [0.1, 0.15) is 11.1 Å². The second-order valence-electron chi connectivity index (χ2n) is 5.57. The first-order valence-corrected chi connectivity index (χ1v) is 10.1. The molecule has 26 heavy (non-hydrogen) atoms. The molecule has 0 spiro atoms. The summed E-state index contributed by atoms with van der Waals surface area (Å²) in [6.45, 7) is 1.44. The summed E-state index contributed by atoms with van der Waals surface area (Å²) in [6, 6.07) is 11.7. The number of amides is 1. The molecule has 0 fully saturated rings. The van der Waals surface area contributed by atoms with Gasteiger partial charge in [0.2, 0.25) is 10.0 Å². The third-order valence-electron chi connectivity index (χ3n) is 3.33. The van der Waals surface area contributed by atoms with E-state index in [9.17, 15) is 13.2 Å². The zero-order valence-corrected chi connectivity index (χ0v) is 16.4. The third kappa shape index (κ3) is 5.72. The van der Waals surface area contributed by atoms with E-state index in [2.05, 4.69) is 10.5 Å². The fraction of sp³-hybridized carbons (Fsp3) is 0.176. The van der Waals surface area contributed by atoms with Crippen LogP contribution in [-0.2, 0) is 14.8 Å². The van der Waals surface area contributed by atoms with Crippen LogP contribution in [0.2, 0.25) is 10.0 Å². The van der Waals surface area contributed by atoms with Crippen molar-refractivity contribution >= 4 is 51.0 Å². The largest absolute Gasteiger partial charge is 0.271 e. The molecule has 0 saturated carbocycles. The Morgan fingerprint density at radius 1 is 1.23 bits per heavy atom. The van der Waals surface area contributed by atoms with Gasteiger partial charge < -0.3 is 0 Å². The molecule has 138 valence electrons. The maximum Gasteiger partial charge on any atom is 0.260 e. The van der Waals surface area contributed by atoms with Crippen molar-refractivity contribution in [3.05, 3.63) is 63.6 Å². The van der Waals surface area contributed by atoms with Crippen molar-refractivity contribution < 1.29 is 13.2 Å². The molecule has 2 rings (SSSR count). The number of aryl methyl sites for hydroxylation is 1. The van der Waals surface area contributed by atoms with E-state index in [1.807, 2.05) is 13.0 Å². The lowest BCUT2D eigenvalue weighted by molar-refractivity contribution is -0.119. The van der Waals surface area contributed by atoms with Crippen LogP contribution in [-0.4, -0.2) is 33.3 Å². The third-order valence-corrected chi connectivity index (χ3v) is 5.04. The first-order valence-electron chi connectivity index (χ1n) is 7.48. The number of hydrogen-bond donors (Lipinski definition) is 1. The highest BCUT2D eigenvalue weighted by Crippen LogP contribution is 2.20. The molecule has 0 unspecified atom stereocenters. The number of hydrogen-bond acceptors (Lipinski definition) is 4. The Bertz CT molecular complexity index is 946. The van der Waals surface area contributed by atoms with E-state index in [1.165, 1.54) is 6.21 Å². The monoisotopic (exact) mass is 413 g/mol. The van der Waals surface area contributed by atoms with Gasteiger partial charge in [0.25, 0.3) is 5.91 Å². The van der Waals surface area contributed by atoms with E-state index in [-0.39, 0.29) is 0 Å². The Morgan fingerprint density at radius 2 is 1.96 bits per heavy atom. The van der Waals surface area contributed by atoms with E-state index < -0.39 is 22.5 Å². The van der Waals surface area contributed by atoms with E-state index in [1.54, 1.807) is 36.4 Å². The number of sulfonamides is 1. The number of halogens is 2. The van der Waals surface area contributed by atoms with Crippen LogP contribution in [0.3, 0.4) is 0 Å². The normalized spacial score (nSPS) is 11.5. The van der Waals surface area contributed by atoms with Gasteiger partial charge in [-0.1, -0.05) is 41.4 Å². The number of rotatable bonds is 6. The molecule has 0 heterocycles. The Balaban J connectivity index is 2.09. The van der Waals surface area contributed by atoms with Crippen LogP contribution < -0.4 is 9.73 Å². The molecule has 0 saturated heterocycles. The highest BCUT2D eigenvalue weighted by atomic mass is 35.5. The van der Waals surface area contributed by atoms with Crippen molar-refractivity contribution in [2.75, 3.05) is 17.1 Å². The summed E-state index contributed by atoms with van der Waals surface area (Å²) in [7, 11) is -3.63. The lowest BCUT2D eigenvalue weighted by Gasteiger charge is -2.21. The summed E-state index contributed by atoms with van der Waals surface area (Å²) in [4.78, 5) is 12.1. The molecule has 9 heteroatoms. The van der Waals surface area contributed by atoms with E-state index in [0.29, 0.717) is 21.3 Å². The number of carbonyl (C=O) groups excluding carboxylic acids is 1. The molecule has 0 aromatic heterocycles. The zero-order chi connectivity index (χ0) is 19.3. The van der Waals surface area contributed by atoms with Gasteiger partial charge in [-0.3, -0.25) is 9.10 Å². The number of nitrogens with one attached hydrogen (secondary N) is 1. The molecule has 2 aromatic rings. The van der Waals surface area contributed by atoms with Gasteiger partial charge in [-0.2, -0.15) is 5.10 Å². The SMILES string of the molecule is Cc1cccc(N(CC(=O)N/N=C\c2ccc(Cl)cc2Cl)S(C)(=O)=O)c1. The number of hydrazone groups is 1. The van der Waals surface area contributed by atoms with Crippen molar-refractivity contribution in [2.45, 2.75) is 6.92 Å². The topological polar surface area (TPSA) is 78.8 Å². The lowest BCUT2D eigenvalue weighted by Crippen LogP contribution is -2.39. The minimum Gasteiger partial charge on any atom is -0.271 e. The number of nitrogens with zero attached hydrogens (tertiary/aromatic N) is 2. The zero-order valence-electron chi connectivity index (χ0n) is 14.1. The summed E-state index contributed by atoms with van der Waals surface area (Å²) in [6.07, 6.45) is 2.40. The van der Waals surface area contributed by atoms with Crippen LogP contribution >= 0.6 is 23.2 Å². The van der Waals surface area contributed by atoms with Crippen LogP contribution in [0.15, 0.2) is 47.6 Å². The molecule has 0 aliphatic carbocycles. The predicted molar refractivity (Wildman–Crippen MR) is 106 cm³/mol. The molecule has 1 N–H and O–H groups in total. The van der Waals surface area contributed by atoms with Gasteiger partial charge in [0.05, 0.1) is 23.2 Å². The number of carbonyl (C=O) groups is 1. The summed E-state index contributed by atoms with van der Waals surface area (Å²) in [5, 5.41) is 4.67. The van der Waals surface area contributed by atoms with E-state index >= 15 is 0 Å². The van der Waals surface area contributed by atoms with Crippen LogP contribution in [0.4, 0.5) is 5.69 Å². The van der Waals surface area contributed by atoms with Crippen molar-refractivity contribution in [3.63, 3.8) is 0 Å². The van der Waals surface area contributed by atoms with Crippen LogP contribution in [0.5, 0.6) is 0 Å². The molecule has 6 nitrogen and oxygen atoms in total. The van der Waals surface area contributed by atoms with Gasteiger partial charge in [0, 0.05) is 10.6 Å². The summed E-state index contributed by atoms with van der Waals surface area (Å²) in [5.74, 6) is -0.585. The predicted octanol–water partition coefficient (Wildman–Crippen LogP) is 3.22. The molecular formula is C17H17Cl2N3O3S. The Labute approximate surface area is 162 Å². The fourth-order valence-corrected chi connectivity index (χ4v) is 3.43. The van der Waals surface area contributed by atoms with Gasteiger partial charge >= 0.3 is 0 Å². The van der Waals surface area contributed by atoms with Gasteiger partial charge in [0.15, 0.2) is 0 Å².